The molecule has 0 heterocycles. The molecule has 0 saturated carbocycles. The normalized spacial score (nSPS) is 8.53. The number of aromatic hydroxyl groups is 1. The summed E-state index contributed by atoms with van der Waals surface area (Å²) in [6, 6.07) is 5.79. The van der Waals surface area contributed by atoms with Crippen LogP contribution in [0.5, 0.6) is 5.75 Å². The molecule has 0 spiro atoms. The summed E-state index contributed by atoms with van der Waals surface area (Å²) in [5.74, 6) is -1.97. The minimum Gasteiger partial charge on any atom is -1.00 e. The third-order valence-corrected chi connectivity index (χ3v) is 1.48. The Morgan fingerprint density at radius 3 is 2.53 bits per heavy atom. The van der Waals surface area contributed by atoms with E-state index >= 15 is 0 Å². The van der Waals surface area contributed by atoms with E-state index in [0.717, 1.165) is 6.08 Å². The summed E-state index contributed by atoms with van der Waals surface area (Å²) in [6.45, 7) is 3.14. The molecule has 0 aromatic heterocycles. The van der Waals surface area contributed by atoms with Crippen LogP contribution in [0.4, 0.5) is 0 Å². The molecular weight excluding hydrogens is 223 g/mol. The van der Waals surface area contributed by atoms with Gasteiger partial charge < -0.3 is 11.3 Å². The molecule has 0 unspecified atom stereocenters. The van der Waals surface area contributed by atoms with Gasteiger partial charge in [0.05, 0.1) is 0 Å². The van der Waals surface area contributed by atoms with Crippen molar-refractivity contribution in [2.75, 3.05) is 0 Å². The fourth-order valence-corrected chi connectivity index (χ4v) is 0.834. The van der Waals surface area contributed by atoms with Gasteiger partial charge in [0.2, 0.25) is 0 Å². The summed E-state index contributed by atoms with van der Waals surface area (Å²) in [6.07, 6.45) is 0.873. The third kappa shape index (κ3) is 4.27. The van der Waals surface area contributed by atoms with Crippen LogP contribution in [0.1, 0.15) is 11.8 Å². The fraction of sp³-hybridized carbons (Fsp3) is 0. The van der Waals surface area contributed by atoms with Gasteiger partial charge in [-0.05, 0) is 12.1 Å². The molecular formula is C10H9KO4. The first-order valence-corrected chi connectivity index (χ1v) is 3.81. The number of hydrogen-bond donors (Lipinski definition) is 1. The van der Waals surface area contributed by atoms with Crippen LogP contribution in [-0.4, -0.2) is 17.0 Å². The molecule has 0 aliphatic heterocycles. The SMILES string of the molecule is C=CC(=O)OC(=O)c1ccccc1O.[H-].[K+]. The quantitative estimate of drug-likeness (QED) is 0.288. The van der Waals surface area contributed by atoms with Crippen molar-refractivity contribution in [3.8, 4) is 5.75 Å². The van der Waals surface area contributed by atoms with Crippen LogP contribution in [0.15, 0.2) is 36.9 Å². The van der Waals surface area contributed by atoms with E-state index in [1.165, 1.54) is 12.1 Å². The number of esters is 2. The molecule has 15 heavy (non-hydrogen) atoms. The van der Waals surface area contributed by atoms with E-state index in [4.69, 9.17) is 0 Å². The van der Waals surface area contributed by atoms with Crippen LogP contribution in [0.2, 0.25) is 0 Å². The van der Waals surface area contributed by atoms with Gasteiger partial charge in [0.25, 0.3) is 0 Å². The van der Waals surface area contributed by atoms with Crippen LogP contribution >= 0.6 is 0 Å². The zero-order chi connectivity index (χ0) is 10.6. The zero-order valence-electron chi connectivity index (χ0n) is 9.27. The van der Waals surface area contributed by atoms with Gasteiger partial charge in [0.15, 0.2) is 0 Å². The van der Waals surface area contributed by atoms with Crippen molar-refractivity contribution in [1.82, 2.24) is 0 Å². The number of para-hydroxylation sites is 1. The monoisotopic (exact) mass is 232 g/mol. The molecule has 0 atom stereocenters. The van der Waals surface area contributed by atoms with E-state index in [0.29, 0.717) is 0 Å². The second-order valence-corrected chi connectivity index (χ2v) is 2.43. The first kappa shape index (κ1) is 14.5. The van der Waals surface area contributed by atoms with Gasteiger partial charge >= 0.3 is 63.3 Å². The number of carbonyl (C=O) groups excluding carboxylic acids is 2. The summed E-state index contributed by atoms with van der Waals surface area (Å²) in [5, 5.41) is 9.23. The maximum Gasteiger partial charge on any atom is 1.00 e. The number of carbonyl (C=O) groups is 2. The van der Waals surface area contributed by atoms with Crippen LogP contribution < -0.4 is 51.4 Å². The molecule has 74 valence electrons. The molecule has 5 heteroatoms. The van der Waals surface area contributed by atoms with Gasteiger partial charge in [-0.3, -0.25) is 0 Å². The smallest absolute Gasteiger partial charge is 1.00 e. The van der Waals surface area contributed by atoms with Crippen LogP contribution in [0.3, 0.4) is 0 Å². The molecule has 4 nitrogen and oxygen atoms in total. The van der Waals surface area contributed by atoms with Crippen molar-refractivity contribution in [3.05, 3.63) is 42.5 Å². The summed E-state index contributed by atoms with van der Waals surface area (Å²) < 4.78 is 4.31. The van der Waals surface area contributed by atoms with E-state index in [9.17, 15) is 14.7 Å². The molecule has 0 fully saturated rings. The molecule has 1 rings (SSSR count). The molecule has 1 aromatic rings. The predicted octanol–water partition coefficient (Wildman–Crippen LogP) is -1.62. The van der Waals surface area contributed by atoms with Gasteiger partial charge in [0, 0.05) is 6.08 Å². The molecule has 0 radical (unpaired) electrons. The molecule has 0 amide bonds. The zero-order valence-corrected chi connectivity index (χ0v) is 11.4. The second kappa shape index (κ2) is 6.92. The fourth-order valence-electron chi connectivity index (χ4n) is 0.834. The van der Waals surface area contributed by atoms with Crippen LogP contribution in [0, 0.1) is 0 Å². The summed E-state index contributed by atoms with van der Waals surface area (Å²) in [5.41, 5.74) is -0.0531. The standard InChI is InChI=1S/C10H8O4.K.H/c1-2-9(12)14-10(13)7-5-3-4-6-8(7)11;;/h2-6,11H,1H2;;/q;+1;-1. The summed E-state index contributed by atoms with van der Waals surface area (Å²) >= 11 is 0. The van der Waals surface area contributed by atoms with Gasteiger partial charge in [-0.15, -0.1) is 0 Å². The first-order valence-electron chi connectivity index (χ1n) is 3.81. The maximum atomic E-state index is 11.2. The average Bonchev–Trinajstić information content (AvgIpc) is 2.18. The van der Waals surface area contributed by atoms with Crippen molar-refractivity contribution in [3.63, 3.8) is 0 Å². The average molecular weight is 232 g/mol. The van der Waals surface area contributed by atoms with Crippen molar-refractivity contribution >= 4 is 11.9 Å². The number of hydrogen-bond acceptors (Lipinski definition) is 4. The van der Waals surface area contributed by atoms with Crippen molar-refractivity contribution in [1.29, 1.82) is 0 Å². The number of rotatable bonds is 2. The van der Waals surface area contributed by atoms with Gasteiger partial charge in [-0.1, -0.05) is 18.7 Å². The largest absolute Gasteiger partial charge is 1.00 e. The van der Waals surface area contributed by atoms with E-state index in [1.807, 2.05) is 0 Å². The Morgan fingerprint density at radius 2 is 2.00 bits per heavy atom. The molecule has 0 aliphatic rings. The second-order valence-electron chi connectivity index (χ2n) is 2.43. The number of benzene rings is 1. The Labute approximate surface area is 131 Å². The summed E-state index contributed by atoms with van der Waals surface area (Å²) in [7, 11) is 0. The first-order chi connectivity index (χ1) is 6.65. The molecule has 0 bridgehead atoms. The van der Waals surface area contributed by atoms with Crippen molar-refractivity contribution in [2.45, 2.75) is 0 Å². The Balaban J connectivity index is 0. The topological polar surface area (TPSA) is 63.6 Å². The van der Waals surface area contributed by atoms with E-state index in [1.54, 1.807) is 12.1 Å². The molecule has 0 saturated heterocycles. The van der Waals surface area contributed by atoms with Gasteiger partial charge in [-0.25, -0.2) is 9.59 Å². The van der Waals surface area contributed by atoms with E-state index < -0.39 is 11.9 Å². The Bertz CT molecular complexity index is 392. The van der Waals surface area contributed by atoms with Crippen LogP contribution in [0.25, 0.3) is 0 Å². The minimum atomic E-state index is -0.895. The van der Waals surface area contributed by atoms with Crippen LogP contribution in [-0.2, 0) is 9.53 Å². The summed E-state index contributed by atoms with van der Waals surface area (Å²) in [4.78, 5) is 21.8. The van der Waals surface area contributed by atoms with E-state index in [-0.39, 0.29) is 64.1 Å². The number of ether oxygens (including phenoxy) is 1. The molecule has 0 aliphatic carbocycles. The number of phenolic OH excluding ortho intramolecular Hbond substituents is 1. The number of phenols is 1. The minimum absolute atomic E-state index is 0. The van der Waals surface area contributed by atoms with Crippen molar-refractivity contribution < 1.29 is 72.2 Å². The predicted molar refractivity (Wildman–Crippen MR) is 49.8 cm³/mol. The maximum absolute atomic E-state index is 11.2. The molecule has 1 aromatic carbocycles. The third-order valence-electron chi connectivity index (χ3n) is 1.48. The van der Waals surface area contributed by atoms with E-state index in [2.05, 4.69) is 11.3 Å². The van der Waals surface area contributed by atoms with Gasteiger partial charge in [-0.2, -0.15) is 0 Å². The molecule has 1 N–H and O–H groups in total. The van der Waals surface area contributed by atoms with Crippen molar-refractivity contribution in [2.24, 2.45) is 0 Å². The van der Waals surface area contributed by atoms with Gasteiger partial charge in [0.1, 0.15) is 11.3 Å². The Morgan fingerprint density at radius 1 is 1.40 bits per heavy atom. The Hall–Kier alpha value is -0.464. The Kier molecular flexibility index (Phi) is 6.70.